The van der Waals surface area contributed by atoms with Crippen molar-refractivity contribution in [2.24, 2.45) is 23.2 Å². The molecule has 0 N–H and O–H groups in total. The van der Waals surface area contributed by atoms with Gasteiger partial charge in [0.2, 0.25) is 11.8 Å². The van der Waals surface area contributed by atoms with Crippen LogP contribution >= 0.6 is 0 Å². The van der Waals surface area contributed by atoms with Crippen molar-refractivity contribution in [2.75, 3.05) is 4.90 Å². The van der Waals surface area contributed by atoms with Crippen LogP contribution in [0.15, 0.2) is 54.6 Å². The molecular weight excluding hydrogens is 350 g/mol. The lowest BCUT2D eigenvalue weighted by Crippen LogP contribution is -2.37. The van der Waals surface area contributed by atoms with Crippen LogP contribution in [0.4, 0.5) is 5.69 Å². The number of fused-ring (bicyclic) bond motifs is 5. The molecule has 2 aromatic rings. The molecule has 0 spiro atoms. The summed E-state index contributed by atoms with van der Waals surface area (Å²) >= 11 is 0. The number of anilines is 1. The number of hydrogen-bond acceptors (Lipinski definition) is 3. The summed E-state index contributed by atoms with van der Waals surface area (Å²) in [5, 5.41) is 0. The molecule has 0 unspecified atom stereocenters. The van der Waals surface area contributed by atoms with Crippen LogP contribution < -0.4 is 9.64 Å². The first-order valence-corrected chi connectivity index (χ1v) is 9.82. The summed E-state index contributed by atoms with van der Waals surface area (Å²) in [6, 6.07) is 13.2. The number of hydrogen-bond donors (Lipinski definition) is 0. The van der Waals surface area contributed by atoms with Gasteiger partial charge >= 0.3 is 0 Å². The monoisotopic (exact) mass is 373 g/mol. The SMILES string of the molecule is Cc1cccc(Oc2ccc(N3C(=O)[C@H]4[C@H]5C=C[C@@H](C5)[C@@]4(C)C3=O)cc2)c1C. The van der Waals surface area contributed by atoms with Crippen molar-refractivity contribution in [3.8, 4) is 11.5 Å². The van der Waals surface area contributed by atoms with Crippen molar-refractivity contribution in [3.63, 3.8) is 0 Å². The van der Waals surface area contributed by atoms with Crippen molar-refractivity contribution in [1.29, 1.82) is 0 Å². The average Bonchev–Trinajstić information content (AvgIpc) is 3.32. The van der Waals surface area contributed by atoms with Gasteiger partial charge in [0, 0.05) is 0 Å². The van der Waals surface area contributed by atoms with Crippen LogP contribution in [-0.2, 0) is 9.59 Å². The zero-order chi connectivity index (χ0) is 19.6. The van der Waals surface area contributed by atoms with E-state index < -0.39 is 5.41 Å². The van der Waals surface area contributed by atoms with E-state index in [-0.39, 0.29) is 29.6 Å². The molecule has 1 heterocycles. The van der Waals surface area contributed by atoms with E-state index in [1.165, 1.54) is 10.5 Å². The van der Waals surface area contributed by atoms with E-state index in [9.17, 15) is 9.59 Å². The van der Waals surface area contributed by atoms with Gasteiger partial charge in [-0.3, -0.25) is 9.59 Å². The minimum Gasteiger partial charge on any atom is -0.457 e. The summed E-state index contributed by atoms with van der Waals surface area (Å²) in [4.78, 5) is 27.7. The fraction of sp³-hybridized carbons (Fsp3) is 0.333. The first kappa shape index (κ1) is 17.2. The molecule has 28 heavy (non-hydrogen) atoms. The third-order valence-electron chi connectivity index (χ3n) is 6.99. The molecule has 0 aromatic heterocycles. The Labute approximate surface area is 164 Å². The smallest absolute Gasteiger partial charge is 0.241 e. The number of ether oxygens (including phenoxy) is 1. The highest BCUT2D eigenvalue weighted by Crippen LogP contribution is 2.60. The van der Waals surface area contributed by atoms with Crippen LogP contribution in [0.2, 0.25) is 0 Å². The third kappa shape index (κ3) is 2.17. The number of nitrogens with zero attached hydrogens (tertiary/aromatic N) is 1. The van der Waals surface area contributed by atoms with Gasteiger partial charge in [-0.1, -0.05) is 24.3 Å². The van der Waals surface area contributed by atoms with Gasteiger partial charge in [0.25, 0.3) is 0 Å². The molecule has 1 aliphatic heterocycles. The van der Waals surface area contributed by atoms with Gasteiger partial charge < -0.3 is 4.74 Å². The maximum atomic E-state index is 13.2. The zero-order valence-electron chi connectivity index (χ0n) is 16.3. The van der Waals surface area contributed by atoms with E-state index >= 15 is 0 Å². The molecule has 1 saturated carbocycles. The van der Waals surface area contributed by atoms with Crippen molar-refractivity contribution < 1.29 is 14.3 Å². The van der Waals surface area contributed by atoms with Gasteiger partial charge in [0.05, 0.1) is 17.0 Å². The summed E-state index contributed by atoms with van der Waals surface area (Å²) in [5.74, 6) is 1.52. The summed E-state index contributed by atoms with van der Waals surface area (Å²) < 4.78 is 6.00. The minimum atomic E-state index is -0.593. The van der Waals surface area contributed by atoms with Crippen LogP contribution in [0.5, 0.6) is 11.5 Å². The van der Waals surface area contributed by atoms with Gasteiger partial charge in [-0.05, 0) is 80.5 Å². The molecule has 2 amide bonds. The number of imide groups is 1. The Morgan fingerprint density at radius 2 is 1.79 bits per heavy atom. The van der Waals surface area contributed by atoms with Crippen molar-refractivity contribution >= 4 is 17.5 Å². The number of benzene rings is 2. The molecule has 4 atom stereocenters. The molecule has 2 fully saturated rings. The van der Waals surface area contributed by atoms with Gasteiger partial charge in [-0.15, -0.1) is 0 Å². The Kier molecular flexibility index (Phi) is 3.57. The van der Waals surface area contributed by atoms with Gasteiger partial charge in [-0.25, -0.2) is 4.90 Å². The van der Waals surface area contributed by atoms with Gasteiger partial charge in [0.1, 0.15) is 11.5 Å². The Morgan fingerprint density at radius 3 is 2.50 bits per heavy atom. The number of amides is 2. The van der Waals surface area contributed by atoms with Gasteiger partial charge in [-0.2, -0.15) is 0 Å². The van der Waals surface area contributed by atoms with Crippen LogP contribution in [0.1, 0.15) is 24.5 Å². The summed E-state index contributed by atoms with van der Waals surface area (Å²) in [5.41, 5.74) is 2.30. The molecule has 2 aliphatic carbocycles. The molecule has 2 aromatic carbocycles. The van der Waals surface area contributed by atoms with E-state index in [0.29, 0.717) is 11.4 Å². The topological polar surface area (TPSA) is 46.6 Å². The average molecular weight is 373 g/mol. The molecule has 4 heteroatoms. The summed E-state index contributed by atoms with van der Waals surface area (Å²) in [6.07, 6.45) is 5.17. The molecule has 3 aliphatic rings. The predicted molar refractivity (Wildman–Crippen MR) is 107 cm³/mol. The van der Waals surface area contributed by atoms with E-state index in [1.54, 1.807) is 12.1 Å². The van der Waals surface area contributed by atoms with E-state index in [1.807, 2.05) is 38.1 Å². The zero-order valence-corrected chi connectivity index (χ0v) is 16.3. The first-order chi connectivity index (χ1) is 13.4. The minimum absolute atomic E-state index is 0.0625. The molecule has 4 nitrogen and oxygen atoms in total. The molecular formula is C24H23NO3. The molecule has 5 rings (SSSR count). The second-order valence-corrected chi connectivity index (χ2v) is 8.42. The lowest BCUT2D eigenvalue weighted by Gasteiger charge is -2.28. The van der Waals surface area contributed by atoms with Crippen LogP contribution in [0.3, 0.4) is 0 Å². The van der Waals surface area contributed by atoms with Crippen molar-refractivity contribution in [2.45, 2.75) is 27.2 Å². The fourth-order valence-electron chi connectivity index (χ4n) is 5.18. The standard InChI is InChI=1S/C24H23NO3/c1-14-5-4-6-20(15(14)2)28-19-11-9-18(10-12-19)25-22(26)21-16-7-8-17(13-16)24(21,3)23(25)27/h4-12,16-17,21H,13H2,1-3H3/t16-,17-,21+,24+/m0/s1. The maximum Gasteiger partial charge on any atom is 0.241 e. The quantitative estimate of drug-likeness (QED) is 0.574. The second kappa shape index (κ2) is 5.81. The fourth-order valence-corrected chi connectivity index (χ4v) is 5.18. The number of rotatable bonds is 3. The number of allylic oxidation sites excluding steroid dienone is 2. The second-order valence-electron chi connectivity index (χ2n) is 8.42. The number of aryl methyl sites for hydroxylation is 1. The Hall–Kier alpha value is -2.88. The first-order valence-electron chi connectivity index (χ1n) is 9.82. The highest BCUT2D eigenvalue weighted by atomic mass is 16.5. The molecule has 2 bridgehead atoms. The molecule has 0 radical (unpaired) electrons. The normalized spacial score (nSPS) is 30.2. The van der Waals surface area contributed by atoms with Crippen molar-refractivity contribution in [1.82, 2.24) is 0 Å². The predicted octanol–water partition coefficient (Wildman–Crippen LogP) is 4.80. The van der Waals surface area contributed by atoms with Gasteiger partial charge in [0.15, 0.2) is 0 Å². The number of carbonyl (C=O) groups is 2. The lowest BCUT2D eigenvalue weighted by molar-refractivity contribution is -0.127. The highest BCUT2D eigenvalue weighted by Gasteiger charge is 2.67. The van der Waals surface area contributed by atoms with E-state index in [4.69, 9.17) is 4.74 Å². The molecule has 142 valence electrons. The number of carbonyl (C=O) groups excluding carboxylic acids is 2. The lowest BCUT2D eigenvalue weighted by atomic mass is 9.71. The Morgan fingerprint density at radius 1 is 1.04 bits per heavy atom. The maximum absolute atomic E-state index is 13.2. The summed E-state index contributed by atoms with van der Waals surface area (Å²) in [7, 11) is 0. The van der Waals surface area contributed by atoms with E-state index in [2.05, 4.69) is 25.1 Å². The largest absolute Gasteiger partial charge is 0.457 e. The van der Waals surface area contributed by atoms with Crippen LogP contribution in [0.25, 0.3) is 0 Å². The third-order valence-corrected chi connectivity index (χ3v) is 6.99. The highest BCUT2D eigenvalue weighted by molar-refractivity contribution is 6.24. The molecule has 1 saturated heterocycles. The Balaban J connectivity index is 1.42. The van der Waals surface area contributed by atoms with Crippen LogP contribution in [0, 0.1) is 37.0 Å². The Bertz CT molecular complexity index is 1020. The van der Waals surface area contributed by atoms with Crippen LogP contribution in [-0.4, -0.2) is 11.8 Å². The summed E-state index contributed by atoms with van der Waals surface area (Å²) in [6.45, 7) is 6.04. The van der Waals surface area contributed by atoms with E-state index in [0.717, 1.165) is 17.7 Å². The van der Waals surface area contributed by atoms with Crippen molar-refractivity contribution in [3.05, 3.63) is 65.7 Å².